The Balaban J connectivity index is 4.01. The molecule has 9 nitrogen and oxygen atoms in total. The molecule has 0 spiro atoms. The number of aliphatic carboxylic acids is 2. The Labute approximate surface area is 109 Å². The fraction of sp³-hybridized carbons (Fsp3) is 0.600. The quantitative estimate of drug-likeness (QED) is 0.399. The van der Waals surface area contributed by atoms with E-state index in [1.807, 2.05) is 5.32 Å². The number of carboxylic acids is 2. The monoisotopic (exact) mass is 274 g/mol. The third-order valence-corrected chi connectivity index (χ3v) is 2.23. The molecular weight excluding hydrogens is 258 g/mol. The number of rotatable bonds is 8. The molecule has 0 rings (SSSR count). The first-order valence-electron chi connectivity index (χ1n) is 5.55. The van der Waals surface area contributed by atoms with E-state index in [1.165, 1.54) is 6.92 Å². The number of hydrogen-bond acceptors (Lipinski definition) is 6. The maximum Gasteiger partial charge on any atom is 0.242 e. The molecule has 0 saturated heterocycles. The van der Waals surface area contributed by atoms with Crippen molar-refractivity contribution in [1.82, 2.24) is 10.6 Å². The molecule has 108 valence electrons. The summed E-state index contributed by atoms with van der Waals surface area (Å²) in [4.78, 5) is 43.1. The summed E-state index contributed by atoms with van der Waals surface area (Å²) in [6.07, 6.45) is -0.137. The zero-order valence-electron chi connectivity index (χ0n) is 10.4. The van der Waals surface area contributed by atoms with Crippen molar-refractivity contribution in [3.8, 4) is 0 Å². The van der Waals surface area contributed by atoms with E-state index in [4.69, 9.17) is 0 Å². The van der Waals surface area contributed by atoms with Crippen LogP contribution in [0.2, 0.25) is 0 Å². The topological polar surface area (TPSA) is 166 Å². The number of hydrogen-bond donors (Lipinski definition) is 3. The van der Waals surface area contributed by atoms with E-state index in [0.29, 0.717) is 0 Å². The standard InChI is InChI=1S/C10H17N3O6/c1-5(9(17)12-4-8(15)16)13-7(14)3-2-6(11)10(18)19/h5-6H,2-4,11H2,1H3,(H,12,17)(H,13,14)(H,15,16)(H,18,19)/p-1/t5-,6-/m0/s1. The summed E-state index contributed by atoms with van der Waals surface area (Å²) in [7, 11) is 0. The molecule has 0 aromatic heterocycles. The molecule has 2 atom stereocenters. The van der Waals surface area contributed by atoms with Crippen molar-refractivity contribution in [3.63, 3.8) is 0 Å². The summed E-state index contributed by atoms with van der Waals surface area (Å²) in [5.41, 5.74) is 3.28. The van der Waals surface area contributed by atoms with Crippen LogP contribution in [0.25, 0.3) is 0 Å². The van der Waals surface area contributed by atoms with Crippen LogP contribution in [-0.2, 0) is 19.2 Å². The van der Waals surface area contributed by atoms with Gasteiger partial charge in [0, 0.05) is 12.8 Å². The van der Waals surface area contributed by atoms with Gasteiger partial charge in [-0.3, -0.25) is 9.59 Å². The Hall–Kier alpha value is -2.16. The van der Waals surface area contributed by atoms with Crippen LogP contribution in [0, 0.1) is 0 Å². The van der Waals surface area contributed by atoms with Crippen LogP contribution in [0.1, 0.15) is 19.8 Å². The van der Waals surface area contributed by atoms with E-state index in [0.717, 1.165) is 0 Å². The summed E-state index contributed by atoms with van der Waals surface area (Å²) in [6, 6.07) is -1.94. The molecule has 0 aromatic carbocycles. The van der Waals surface area contributed by atoms with Crippen molar-refractivity contribution < 1.29 is 35.1 Å². The minimum Gasteiger partial charge on any atom is -0.548 e. The summed E-state index contributed by atoms with van der Waals surface area (Å²) >= 11 is 0. The van der Waals surface area contributed by atoms with Gasteiger partial charge in [0.15, 0.2) is 0 Å². The molecule has 9 heteroatoms. The summed E-state index contributed by atoms with van der Waals surface area (Å²) < 4.78 is 0. The number of amides is 2. The Bertz CT molecular complexity index is 370. The highest BCUT2D eigenvalue weighted by Gasteiger charge is 2.16. The van der Waals surface area contributed by atoms with Gasteiger partial charge in [-0.15, -0.1) is 0 Å². The molecule has 2 amide bonds. The first kappa shape index (κ1) is 16.8. The van der Waals surface area contributed by atoms with Gasteiger partial charge in [0.25, 0.3) is 0 Å². The number of carbonyl (C=O) groups is 4. The average molecular weight is 274 g/mol. The van der Waals surface area contributed by atoms with Gasteiger partial charge < -0.3 is 36.2 Å². The molecule has 5 N–H and O–H groups in total. The van der Waals surface area contributed by atoms with Gasteiger partial charge in [0.1, 0.15) is 12.1 Å². The smallest absolute Gasteiger partial charge is 0.242 e. The summed E-state index contributed by atoms with van der Waals surface area (Å²) in [5, 5.41) is 24.8. The van der Waals surface area contributed by atoms with Crippen LogP contribution in [-0.4, -0.2) is 42.4 Å². The number of quaternary nitrogens is 1. The zero-order chi connectivity index (χ0) is 15.0. The van der Waals surface area contributed by atoms with Crippen molar-refractivity contribution in [2.45, 2.75) is 31.8 Å². The Morgan fingerprint density at radius 1 is 1.21 bits per heavy atom. The number of carboxylic acid groups (broad SMARTS) is 2. The molecule has 0 aromatic rings. The van der Waals surface area contributed by atoms with Crippen LogP contribution in [0.3, 0.4) is 0 Å². The number of nitrogens with one attached hydrogen (secondary N) is 2. The molecular formula is C10H16N3O6-. The lowest BCUT2D eigenvalue weighted by Crippen LogP contribution is -2.68. The fourth-order valence-corrected chi connectivity index (χ4v) is 1.11. The Morgan fingerprint density at radius 3 is 2.26 bits per heavy atom. The second kappa shape index (κ2) is 8.03. The van der Waals surface area contributed by atoms with Crippen LogP contribution < -0.4 is 26.6 Å². The van der Waals surface area contributed by atoms with Gasteiger partial charge in [0.2, 0.25) is 11.8 Å². The third-order valence-electron chi connectivity index (χ3n) is 2.23. The second-order valence-corrected chi connectivity index (χ2v) is 3.93. The maximum atomic E-state index is 11.4. The molecule has 0 aliphatic heterocycles. The van der Waals surface area contributed by atoms with E-state index in [2.05, 4.69) is 11.1 Å². The van der Waals surface area contributed by atoms with Crippen molar-refractivity contribution in [2.24, 2.45) is 0 Å². The van der Waals surface area contributed by atoms with E-state index in [1.54, 1.807) is 0 Å². The Morgan fingerprint density at radius 2 is 1.79 bits per heavy atom. The van der Waals surface area contributed by atoms with Crippen molar-refractivity contribution in [2.75, 3.05) is 6.54 Å². The minimum atomic E-state index is -1.44. The molecule has 0 unspecified atom stereocenters. The highest BCUT2D eigenvalue weighted by molar-refractivity contribution is 5.88. The predicted molar refractivity (Wildman–Crippen MR) is 56.5 cm³/mol. The molecule has 19 heavy (non-hydrogen) atoms. The van der Waals surface area contributed by atoms with E-state index in [-0.39, 0.29) is 12.8 Å². The fourth-order valence-electron chi connectivity index (χ4n) is 1.11. The summed E-state index contributed by atoms with van der Waals surface area (Å²) in [5.74, 6) is -4.01. The van der Waals surface area contributed by atoms with Gasteiger partial charge in [-0.1, -0.05) is 0 Å². The van der Waals surface area contributed by atoms with Crippen LogP contribution >= 0.6 is 0 Å². The lowest BCUT2D eigenvalue weighted by atomic mass is 10.1. The largest absolute Gasteiger partial charge is 0.548 e. The first-order valence-corrected chi connectivity index (χ1v) is 5.55. The van der Waals surface area contributed by atoms with E-state index in [9.17, 15) is 29.4 Å². The van der Waals surface area contributed by atoms with Crippen LogP contribution in [0.5, 0.6) is 0 Å². The lowest BCUT2D eigenvalue weighted by Gasteiger charge is -2.15. The molecule has 0 fully saturated rings. The second-order valence-electron chi connectivity index (χ2n) is 3.93. The van der Waals surface area contributed by atoms with Crippen LogP contribution in [0.15, 0.2) is 0 Å². The van der Waals surface area contributed by atoms with Gasteiger partial charge in [0.05, 0.1) is 18.5 Å². The third kappa shape index (κ3) is 7.71. The van der Waals surface area contributed by atoms with Gasteiger partial charge in [-0.25, -0.2) is 0 Å². The highest BCUT2D eigenvalue weighted by atomic mass is 16.4. The predicted octanol–water partition coefficient (Wildman–Crippen LogP) is -5.50. The first-order chi connectivity index (χ1) is 8.73. The van der Waals surface area contributed by atoms with Crippen molar-refractivity contribution in [1.29, 1.82) is 0 Å². The molecule has 0 bridgehead atoms. The molecule has 0 radical (unpaired) electrons. The van der Waals surface area contributed by atoms with Crippen molar-refractivity contribution >= 4 is 23.8 Å². The molecule has 0 saturated carbocycles. The molecule has 0 aliphatic rings. The van der Waals surface area contributed by atoms with Crippen LogP contribution in [0.4, 0.5) is 0 Å². The average Bonchev–Trinajstić information content (AvgIpc) is 2.32. The zero-order valence-corrected chi connectivity index (χ0v) is 10.4. The lowest BCUT2D eigenvalue weighted by molar-refractivity contribution is -0.438. The minimum absolute atomic E-state index is 0.0123. The van der Waals surface area contributed by atoms with Gasteiger partial charge in [-0.2, -0.15) is 0 Å². The van der Waals surface area contributed by atoms with Crippen molar-refractivity contribution in [3.05, 3.63) is 0 Å². The molecule has 0 heterocycles. The van der Waals surface area contributed by atoms with Gasteiger partial charge >= 0.3 is 0 Å². The normalized spacial score (nSPS) is 13.2. The van der Waals surface area contributed by atoms with E-state index >= 15 is 0 Å². The Kier molecular flexibility index (Phi) is 7.12. The molecule has 0 aliphatic carbocycles. The number of carbonyl (C=O) groups excluding carboxylic acids is 4. The summed E-state index contributed by atoms with van der Waals surface area (Å²) in [6.45, 7) is 0.716. The highest BCUT2D eigenvalue weighted by Crippen LogP contribution is 1.93. The SMILES string of the molecule is C[C@H](NC(=O)CC[C@H]([NH3+])C(=O)[O-])C(=O)NCC(=O)[O-]. The van der Waals surface area contributed by atoms with E-state index < -0.39 is 42.4 Å². The maximum absolute atomic E-state index is 11.4. The van der Waals surface area contributed by atoms with Gasteiger partial charge in [-0.05, 0) is 6.92 Å².